The summed E-state index contributed by atoms with van der Waals surface area (Å²) in [4.78, 5) is 10.6. The Labute approximate surface area is 208 Å². The van der Waals surface area contributed by atoms with Crippen LogP contribution in [0.15, 0.2) is 0 Å². The van der Waals surface area contributed by atoms with Crippen molar-refractivity contribution in [3.8, 4) is 0 Å². The van der Waals surface area contributed by atoms with Crippen LogP contribution in [0.5, 0.6) is 0 Å². The van der Waals surface area contributed by atoms with Gasteiger partial charge in [-0.25, -0.2) is 8.42 Å². The minimum Gasteiger partial charge on any atom is -0.726 e. The molecule has 0 aliphatic rings. The number of hydrogen-bond acceptors (Lipinski definition) is 8. The molecule has 0 saturated heterocycles. The van der Waals surface area contributed by atoms with E-state index in [2.05, 4.69) is 11.1 Å². The monoisotopic (exact) mass is 513 g/mol. The van der Waals surface area contributed by atoms with Crippen LogP contribution in [0.1, 0.15) is 123 Å². The third-order valence-electron chi connectivity index (χ3n) is 5.62. The van der Waals surface area contributed by atoms with Crippen molar-refractivity contribution >= 4 is 16.4 Å². The molecular formula is C24H51NO8S. The van der Waals surface area contributed by atoms with E-state index in [9.17, 15) is 28.2 Å². The van der Waals surface area contributed by atoms with Crippen LogP contribution in [-0.2, 0) is 24.1 Å². The maximum Gasteiger partial charge on any atom is 0.305 e. The highest BCUT2D eigenvalue weighted by Crippen LogP contribution is 2.13. The summed E-state index contributed by atoms with van der Waals surface area (Å²) < 4.78 is 36.2. The molecule has 10 heteroatoms. The van der Waals surface area contributed by atoms with E-state index in [4.69, 9.17) is 4.74 Å². The fraction of sp³-hybridized carbons (Fsp3) is 0.958. The predicted molar refractivity (Wildman–Crippen MR) is 131 cm³/mol. The molecule has 0 radical (unpaired) electrons. The third kappa shape index (κ3) is 31.2. The number of hydrogen-bond donors (Lipinski definition) is 2. The van der Waals surface area contributed by atoms with E-state index in [1.165, 1.54) is 83.5 Å². The van der Waals surface area contributed by atoms with Gasteiger partial charge in [0.1, 0.15) is 13.1 Å². The lowest BCUT2D eigenvalue weighted by Gasteiger charge is -2.18. The van der Waals surface area contributed by atoms with Crippen LogP contribution in [0.4, 0.5) is 0 Å². The van der Waals surface area contributed by atoms with Gasteiger partial charge in [-0.2, -0.15) is 10.4 Å². The first-order valence-electron chi connectivity index (χ1n) is 13.1. The van der Waals surface area contributed by atoms with Gasteiger partial charge in [-0.05, 0) is 18.2 Å². The van der Waals surface area contributed by atoms with Crippen LogP contribution in [0.2, 0.25) is 0 Å². The summed E-state index contributed by atoms with van der Waals surface area (Å²) in [5, 5.41) is 18.8. The van der Waals surface area contributed by atoms with Crippen LogP contribution >= 0.6 is 0 Å². The number of hydroxylamine groups is 4. The van der Waals surface area contributed by atoms with Gasteiger partial charge in [0.05, 0.1) is 13.7 Å². The van der Waals surface area contributed by atoms with E-state index in [1.807, 2.05) is 0 Å². The Bertz CT molecular complexity index is 555. The van der Waals surface area contributed by atoms with Crippen LogP contribution < -0.4 is 0 Å². The number of ether oxygens (including phenoxy) is 1. The van der Waals surface area contributed by atoms with Crippen LogP contribution in [-0.4, -0.2) is 61.0 Å². The van der Waals surface area contributed by atoms with E-state index < -0.39 is 15.2 Å². The molecule has 9 nitrogen and oxygen atoms in total. The summed E-state index contributed by atoms with van der Waals surface area (Å²) in [5.41, 5.74) is 0. The normalized spacial score (nSPS) is 11.7. The summed E-state index contributed by atoms with van der Waals surface area (Å²) in [6.07, 6.45) is 20.7. The molecule has 0 unspecified atom stereocenters. The molecule has 0 fully saturated rings. The molecule has 0 atom stereocenters. The third-order valence-corrected chi connectivity index (χ3v) is 6.03. The Kier molecular flexibility index (Phi) is 24.9. The van der Waals surface area contributed by atoms with Gasteiger partial charge >= 0.3 is 5.97 Å². The highest BCUT2D eigenvalue weighted by Gasteiger charge is 2.18. The number of quaternary nitrogens is 1. The second-order valence-electron chi connectivity index (χ2n) is 8.77. The number of rotatable bonds is 22. The van der Waals surface area contributed by atoms with Crippen molar-refractivity contribution in [2.45, 2.75) is 123 Å². The number of carbonyl (C=O) groups is 1. The van der Waals surface area contributed by atoms with Crippen molar-refractivity contribution in [1.82, 2.24) is 0 Å². The highest BCUT2D eigenvalue weighted by molar-refractivity contribution is 7.80. The van der Waals surface area contributed by atoms with Crippen molar-refractivity contribution in [1.29, 1.82) is 0 Å². The topological polar surface area (TPSA) is 133 Å². The lowest BCUT2D eigenvalue weighted by Crippen LogP contribution is -2.42. The second-order valence-corrected chi connectivity index (χ2v) is 9.92. The molecule has 0 aromatic carbocycles. The Balaban J connectivity index is 0. The van der Waals surface area contributed by atoms with E-state index in [-0.39, 0.29) is 25.7 Å². The molecule has 0 heterocycles. The summed E-state index contributed by atoms with van der Waals surface area (Å²) in [7, 11) is -3.60. The van der Waals surface area contributed by atoms with Crippen LogP contribution in [0, 0.1) is 0 Å². The predicted octanol–water partition coefficient (Wildman–Crippen LogP) is 5.89. The van der Waals surface area contributed by atoms with Gasteiger partial charge in [0.2, 0.25) is 10.4 Å². The molecule has 0 aromatic rings. The molecule has 0 aromatic heterocycles. The van der Waals surface area contributed by atoms with Crippen molar-refractivity contribution < 1.29 is 41.9 Å². The van der Waals surface area contributed by atoms with Gasteiger partial charge in [-0.15, -0.1) is 0 Å². The standard InChI is InChI=1S/C23H48NO4.CH4O4S/c1-3-5-6-7-8-9-10-11-12-13-14-15-16-17-18-20-23(25)28-22-19-21-24(26,27)4-2;1-5-6(2,3)4/h26-27H,3-22H2,1-2H3;1H3,(H,2,3,4)/q+1;/p-1. The largest absolute Gasteiger partial charge is 0.726 e. The molecule has 0 bridgehead atoms. The number of esters is 1. The number of unbranched alkanes of at least 4 members (excludes halogenated alkanes) is 14. The average Bonchev–Trinajstić information content (AvgIpc) is 2.79. The Morgan fingerprint density at radius 1 is 0.765 bits per heavy atom. The van der Waals surface area contributed by atoms with Crippen molar-refractivity contribution in [3.63, 3.8) is 0 Å². The van der Waals surface area contributed by atoms with E-state index in [1.54, 1.807) is 6.92 Å². The SMILES string of the molecule is CCCCCCCCCCCCCCCCCC(=O)OCCC[N+](O)(O)CC.COS(=O)(=O)[O-]. The first kappa shape index (κ1) is 35.4. The molecular weight excluding hydrogens is 462 g/mol. The lowest BCUT2D eigenvalue weighted by atomic mass is 10.0. The Morgan fingerprint density at radius 3 is 1.50 bits per heavy atom. The Hall–Kier alpha value is -0.780. The van der Waals surface area contributed by atoms with E-state index in [0.717, 1.165) is 20.0 Å². The van der Waals surface area contributed by atoms with Crippen LogP contribution in [0.3, 0.4) is 0 Å². The second kappa shape index (κ2) is 23.9. The zero-order valence-corrected chi connectivity index (χ0v) is 22.7. The fourth-order valence-electron chi connectivity index (χ4n) is 3.37. The maximum absolute atomic E-state index is 11.6. The minimum atomic E-state index is -4.41. The Morgan fingerprint density at radius 2 is 1.15 bits per heavy atom. The fourth-order valence-corrected chi connectivity index (χ4v) is 3.37. The summed E-state index contributed by atoms with van der Waals surface area (Å²) >= 11 is 0. The van der Waals surface area contributed by atoms with Crippen LogP contribution in [0.25, 0.3) is 0 Å². The average molecular weight is 514 g/mol. The molecule has 206 valence electrons. The van der Waals surface area contributed by atoms with E-state index in [0.29, 0.717) is 12.8 Å². The zero-order chi connectivity index (χ0) is 26.1. The molecule has 2 N–H and O–H groups in total. The minimum absolute atomic E-state index is 0.167. The molecule has 0 aliphatic heterocycles. The van der Waals surface area contributed by atoms with Crippen molar-refractivity contribution in [2.75, 3.05) is 26.8 Å². The molecule has 34 heavy (non-hydrogen) atoms. The highest BCUT2D eigenvalue weighted by atomic mass is 32.3. The molecule has 0 aliphatic carbocycles. The summed E-state index contributed by atoms with van der Waals surface area (Å²) in [6.45, 7) is 4.64. The van der Waals surface area contributed by atoms with Crippen molar-refractivity contribution in [3.05, 3.63) is 0 Å². The molecule has 0 saturated carbocycles. The van der Waals surface area contributed by atoms with Gasteiger partial charge in [-0.1, -0.05) is 96.8 Å². The maximum atomic E-state index is 11.6. The summed E-state index contributed by atoms with van der Waals surface area (Å²) in [6, 6.07) is 0. The first-order chi connectivity index (χ1) is 16.1. The van der Waals surface area contributed by atoms with E-state index >= 15 is 0 Å². The number of carbonyl (C=O) groups excluding carboxylic acids is 1. The van der Waals surface area contributed by atoms with Gasteiger partial charge in [0.15, 0.2) is 0 Å². The van der Waals surface area contributed by atoms with Gasteiger partial charge in [-0.3, -0.25) is 8.98 Å². The molecule has 0 spiro atoms. The number of nitrogens with zero attached hydrogens (tertiary/aromatic N) is 1. The smallest absolute Gasteiger partial charge is 0.305 e. The van der Waals surface area contributed by atoms with Gasteiger partial charge < -0.3 is 9.29 Å². The summed E-state index contributed by atoms with van der Waals surface area (Å²) in [5.74, 6) is -0.167. The molecule has 0 amide bonds. The zero-order valence-electron chi connectivity index (χ0n) is 21.8. The van der Waals surface area contributed by atoms with Crippen molar-refractivity contribution in [2.24, 2.45) is 0 Å². The lowest BCUT2D eigenvalue weighted by molar-refractivity contribution is -1.24. The van der Waals surface area contributed by atoms with Gasteiger partial charge in [0.25, 0.3) is 0 Å². The quantitative estimate of drug-likeness (QED) is 0.0457. The molecule has 0 rings (SSSR count). The first-order valence-corrected chi connectivity index (χ1v) is 14.4. The van der Waals surface area contributed by atoms with Gasteiger partial charge in [0, 0.05) is 12.8 Å².